The molecule has 0 atom stereocenters. The number of aryl methyl sites for hydroxylation is 1. The SMILES string of the molecule is Cn1c[n+](-c2c(-c3ccccc3)cccc2-c2ccccc2)cc1C(C)(C)C. The summed E-state index contributed by atoms with van der Waals surface area (Å²) in [7, 11) is 2.13. The van der Waals surface area contributed by atoms with E-state index in [-0.39, 0.29) is 5.41 Å². The Morgan fingerprint density at radius 2 is 1.18 bits per heavy atom. The second kappa shape index (κ2) is 7.12. The summed E-state index contributed by atoms with van der Waals surface area (Å²) in [6, 6.07) is 27.9. The number of rotatable bonds is 3. The molecule has 3 aromatic carbocycles. The zero-order valence-electron chi connectivity index (χ0n) is 17.1. The molecule has 2 nitrogen and oxygen atoms in total. The van der Waals surface area contributed by atoms with Crippen LogP contribution in [0.4, 0.5) is 0 Å². The summed E-state index contributed by atoms with van der Waals surface area (Å²) in [6.45, 7) is 6.77. The summed E-state index contributed by atoms with van der Waals surface area (Å²) < 4.78 is 4.52. The van der Waals surface area contributed by atoms with Crippen LogP contribution in [0.3, 0.4) is 0 Å². The number of hydrogen-bond donors (Lipinski definition) is 0. The van der Waals surface area contributed by atoms with Crippen LogP contribution in [0.5, 0.6) is 0 Å². The van der Waals surface area contributed by atoms with Crippen molar-refractivity contribution in [2.45, 2.75) is 26.2 Å². The zero-order chi connectivity index (χ0) is 19.7. The molecule has 0 saturated heterocycles. The van der Waals surface area contributed by atoms with Crippen LogP contribution in [0, 0.1) is 0 Å². The van der Waals surface area contributed by atoms with Gasteiger partial charge in [-0.1, -0.05) is 99.6 Å². The number of aromatic nitrogens is 2. The van der Waals surface area contributed by atoms with E-state index in [0.717, 1.165) is 0 Å². The van der Waals surface area contributed by atoms with Crippen molar-refractivity contribution in [3.05, 3.63) is 97.1 Å². The molecule has 4 aromatic rings. The fourth-order valence-electron chi connectivity index (χ4n) is 3.87. The summed E-state index contributed by atoms with van der Waals surface area (Å²) in [4.78, 5) is 0. The van der Waals surface area contributed by atoms with Crippen molar-refractivity contribution >= 4 is 0 Å². The van der Waals surface area contributed by atoms with Gasteiger partial charge in [-0.2, -0.15) is 0 Å². The van der Waals surface area contributed by atoms with E-state index in [2.05, 4.69) is 128 Å². The molecule has 0 N–H and O–H groups in total. The van der Waals surface area contributed by atoms with Gasteiger partial charge in [0.1, 0.15) is 17.6 Å². The van der Waals surface area contributed by atoms with Crippen LogP contribution in [0.25, 0.3) is 27.9 Å². The maximum Gasteiger partial charge on any atom is 0.249 e. The Balaban J connectivity index is 2.01. The zero-order valence-corrected chi connectivity index (χ0v) is 17.1. The van der Waals surface area contributed by atoms with Gasteiger partial charge in [0, 0.05) is 16.5 Å². The first-order valence-electron chi connectivity index (χ1n) is 9.77. The van der Waals surface area contributed by atoms with Crippen molar-refractivity contribution in [3.63, 3.8) is 0 Å². The molecule has 0 saturated carbocycles. The van der Waals surface area contributed by atoms with Gasteiger partial charge in [-0.3, -0.25) is 0 Å². The predicted octanol–water partition coefficient (Wildman–Crippen LogP) is 5.93. The third kappa shape index (κ3) is 3.38. The first kappa shape index (κ1) is 18.2. The number of nitrogens with zero attached hydrogens (tertiary/aromatic N) is 2. The highest BCUT2D eigenvalue weighted by molar-refractivity contribution is 5.82. The Hall–Kier alpha value is -3.13. The molecule has 0 spiro atoms. The third-order valence-electron chi connectivity index (χ3n) is 5.17. The first-order chi connectivity index (χ1) is 13.4. The largest absolute Gasteiger partial charge is 0.249 e. The highest BCUT2D eigenvalue weighted by Gasteiger charge is 2.27. The highest BCUT2D eigenvalue weighted by atomic mass is 15.1. The summed E-state index contributed by atoms with van der Waals surface area (Å²) >= 11 is 0. The number of imidazole rings is 1. The van der Waals surface area contributed by atoms with E-state index in [1.807, 2.05) is 0 Å². The maximum absolute atomic E-state index is 2.28. The van der Waals surface area contributed by atoms with Gasteiger partial charge in [0.05, 0.1) is 7.05 Å². The average molecular weight is 368 g/mol. The lowest BCUT2D eigenvalue weighted by Crippen LogP contribution is -2.30. The van der Waals surface area contributed by atoms with Crippen molar-refractivity contribution in [2.24, 2.45) is 7.05 Å². The minimum absolute atomic E-state index is 0.0780. The van der Waals surface area contributed by atoms with Gasteiger partial charge in [0.25, 0.3) is 0 Å². The van der Waals surface area contributed by atoms with Crippen molar-refractivity contribution in [1.29, 1.82) is 0 Å². The molecule has 4 rings (SSSR count). The molecule has 1 aromatic heterocycles. The molecule has 28 heavy (non-hydrogen) atoms. The molecule has 0 amide bonds. The molecule has 0 radical (unpaired) electrons. The van der Waals surface area contributed by atoms with Crippen LogP contribution in [0.15, 0.2) is 91.4 Å². The quantitative estimate of drug-likeness (QED) is 0.397. The summed E-state index contributed by atoms with van der Waals surface area (Å²) in [6.07, 6.45) is 4.46. The van der Waals surface area contributed by atoms with Crippen LogP contribution in [0.1, 0.15) is 26.5 Å². The lowest BCUT2D eigenvalue weighted by Gasteiger charge is -2.14. The van der Waals surface area contributed by atoms with Crippen molar-refractivity contribution in [2.75, 3.05) is 0 Å². The molecule has 0 bridgehead atoms. The summed E-state index contributed by atoms with van der Waals surface area (Å²) in [5, 5.41) is 0. The lowest BCUT2D eigenvalue weighted by atomic mass is 9.92. The molecule has 140 valence electrons. The molecule has 0 aliphatic rings. The van der Waals surface area contributed by atoms with Crippen molar-refractivity contribution < 1.29 is 4.57 Å². The Labute approximate surface area is 167 Å². The number of hydrogen-bond acceptors (Lipinski definition) is 0. The van der Waals surface area contributed by atoms with Gasteiger partial charge in [0.2, 0.25) is 6.33 Å². The van der Waals surface area contributed by atoms with Crippen LogP contribution < -0.4 is 4.57 Å². The molecular formula is C26H27N2+. The fourth-order valence-corrected chi connectivity index (χ4v) is 3.87. The normalized spacial score (nSPS) is 11.6. The van der Waals surface area contributed by atoms with Crippen molar-refractivity contribution in [3.8, 4) is 27.9 Å². The van der Waals surface area contributed by atoms with Crippen LogP contribution in [0.2, 0.25) is 0 Å². The minimum atomic E-state index is 0.0780. The van der Waals surface area contributed by atoms with Crippen LogP contribution >= 0.6 is 0 Å². The average Bonchev–Trinajstić information content (AvgIpc) is 3.10. The lowest BCUT2D eigenvalue weighted by molar-refractivity contribution is -0.594. The smallest absolute Gasteiger partial charge is 0.236 e. The van der Waals surface area contributed by atoms with E-state index in [1.165, 1.54) is 33.6 Å². The van der Waals surface area contributed by atoms with Crippen LogP contribution in [-0.4, -0.2) is 4.57 Å². The summed E-state index contributed by atoms with van der Waals surface area (Å²) in [5.41, 5.74) is 7.51. The van der Waals surface area contributed by atoms with E-state index in [9.17, 15) is 0 Å². The molecule has 0 unspecified atom stereocenters. The maximum atomic E-state index is 2.28. The highest BCUT2D eigenvalue weighted by Crippen LogP contribution is 2.33. The first-order valence-corrected chi connectivity index (χ1v) is 9.77. The van der Waals surface area contributed by atoms with Crippen molar-refractivity contribution in [1.82, 2.24) is 4.57 Å². The fraction of sp³-hybridized carbons (Fsp3) is 0.192. The molecular weight excluding hydrogens is 340 g/mol. The van der Waals surface area contributed by atoms with Gasteiger partial charge in [-0.05, 0) is 11.1 Å². The van der Waals surface area contributed by atoms with Gasteiger partial charge < -0.3 is 0 Å². The molecule has 1 heterocycles. The van der Waals surface area contributed by atoms with Gasteiger partial charge in [-0.25, -0.2) is 9.13 Å². The van der Waals surface area contributed by atoms with Gasteiger partial charge in [0.15, 0.2) is 0 Å². The molecule has 0 aliphatic carbocycles. The van der Waals surface area contributed by atoms with E-state index >= 15 is 0 Å². The van der Waals surface area contributed by atoms with E-state index in [1.54, 1.807) is 0 Å². The topological polar surface area (TPSA) is 8.81 Å². The second-order valence-corrected chi connectivity index (χ2v) is 8.33. The Morgan fingerprint density at radius 1 is 0.679 bits per heavy atom. The molecule has 2 heteroatoms. The molecule has 0 fully saturated rings. The van der Waals surface area contributed by atoms with E-state index in [4.69, 9.17) is 0 Å². The predicted molar refractivity (Wildman–Crippen MR) is 117 cm³/mol. The van der Waals surface area contributed by atoms with E-state index in [0.29, 0.717) is 0 Å². The third-order valence-corrected chi connectivity index (χ3v) is 5.17. The second-order valence-electron chi connectivity index (χ2n) is 8.33. The Bertz CT molecular complexity index is 1030. The standard InChI is InChI=1S/C26H27N2/c1-26(2,3)24-18-28(19-27(24)4)25-22(20-12-7-5-8-13-20)16-11-17-23(25)21-14-9-6-10-15-21/h5-19H,1-4H3/q+1. The Morgan fingerprint density at radius 3 is 1.61 bits per heavy atom. The Kier molecular flexibility index (Phi) is 4.64. The van der Waals surface area contributed by atoms with E-state index < -0.39 is 0 Å². The summed E-state index contributed by atoms with van der Waals surface area (Å²) in [5.74, 6) is 0. The minimum Gasteiger partial charge on any atom is -0.236 e. The number of benzene rings is 3. The van der Waals surface area contributed by atoms with Gasteiger partial charge in [-0.15, -0.1) is 0 Å². The number of para-hydroxylation sites is 1. The monoisotopic (exact) mass is 367 g/mol. The van der Waals surface area contributed by atoms with Crippen LogP contribution in [-0.2, 0) is 12.5 Å². The van der Waals surface area contributed by atoms with Gasteiger partial charge >= 0.3 is 0 Å². The molecule has 0 aliphatic heterocycles.